The average Bonchev–Trinajstić information content (AvgIpc) is 3.48. The van der Waals surface area contributed by atoms with Crippen molar-refractivity contribution in [3.8, 4) is 0 Å². The summed E-state index contributed by atoms with van der Waals surface area (Å²) in [5.74, 6) is -5.36. The van der Waals surface area contributed by atoms with Crippen molar-refractivity contribution in [3.63, 3.8) is 0 Å². The number of carboxylic acids is 2. The Bertz CT molecular complexity index is 1360. The zero-order chi connectivity index (χ0) is 35.5. The Kier molecular flexibility index (Phi) is 17.3. The summed E-state index contributed by atoms with van der Waals surface area (Å²) in [6, 6.07) is 3.86. The van der Waals surface area contributed by atoms with E-state index in [1.807, 2.05) is 37.4 Å². The van der Waals surface area contributed by atoms with Gasteiger partial charge in [0.2, 0.25) is 23.6 Å². The third-order valence-corrected chi connectivity index (χ3v) is 7.37. The van der Waals surface area contributed by atoms with Crippen molar-refractivity contribution in [2.75, 3.05) is 13.6 Å². The Labute approximate surface area is 279 Å². The lowest BCUT2D eigenvalue weighted by Gasteiger charge is -2.22. The summed E-state index contributed by atoms with van der Waals surface area (Å²) >= 11 is 0. The van der Waals surface area contributed by atoms with Gasteiger partial charge in [-0.3, -0.25) is 28.7 Å². The number of carbonyl (C=O) groups is 6. The highest BCUT2D eigenvalue weighted by molar-refractivity contribution is 5.94. The molecule has 4 amide bonds. The first-order valence-electron chi connectivity index (χ1n) is 16.1. The van der Waals surface area contributed by atoms with Gasteiger partial charge in [0.1, 0.15) is 18.1 Å². The van der Waals surface area contributed by atoms with Crippen molar-refractivity contribution in [2.24, 2.45) is 0 Å². The molecule has 0 aliphatic carbocycles. The molecule has 3 atom stereocenters. The lowest BCUT2D eigenvalue weighted by Crippen LogP contribution is -2.54. The minimum Gasteiger partial charge on any atom is -0.481 e. The molecule has 2 rings (SSSR count). The molecular weight excluding hydrogens is 624 g/mol. The van der Waals surface area contributed by atoms with Crippen LogP contribution in [0.4, 0.5) is 0 Å². The number of nitrogens with zero attached hydrogens (tertiary/aromatic N) is 3. The number of hydrogen-bond donors (Lipinski definition) is 7. The molecule has 0 radical (unpaired) electrons. The Morgan fingerprint density at radius 1 is 0.833 bits per heavy atom. The molecule has 0 spiro atoms. The summed E-state index contributed by atoms with van der Waals surface area (Å²) < 4.78 is 1.68. The van der Waals surface area contributed by atoms with Gasteiger partial charge in [-0.1, -0.05) is 35.0 Å². The fourth-order valence-electron chi connectivity index (χ4n) is 4.82. The number of likely N-dealkylation sites (N-methyl/N-ethyl adjacent to an activating group) is 1. The Hall–Kier alpha value is -4.86. The maximum absolute atomic E-state index is 13.1. The van der Waals surface area contributed by atoms with Crippen LogP contribution in [0.25, 0.3) is 0 Å². The highest BCUT2D eigenvalue weighted by Gasteiger charge is 2.30. The molecule has 7 N–H and O–H groups in total. The third-order valence-electron chi connectivity index (χ3n) is 7.37. The molecule has 3 unspecified atom stereocenters. The van der Waals surface area contributed by atoms with Crippen LogP contribution in [-0.4, -0.2) is 92.5 Å². The van der Waals surface area contributed by atoms with Crippen LogP contribution in [0.5, 0.6) is 0 Å². The van der Waals surface area contributed by atoms with E-state index in [9.17, 15) is 33.9 Å². The maximum atomic E-state index is 13.1. The number of rotatable bonds is 23. The van der Waals surface area contributed by atoms with Crippen LogP contribution < -0.4 is 26.6 Å². The number of benzene rings is 1. The first kappa shape index (κ1) is 39.3. The number of unbranched alkanes of at least 4 members (excludes halogenated alkanes) is 1. The van der Waals surface area contributed by atoms with Crippen LogP contribution >= 0.6 is 0 Å². The maximum Gasteiger partial charge on any atom is 0.326 e. The standard InChI is InChI=1S/C32H48N8O8/c1-4-34-30(45)24(9-5-6-17-40-20-23(19-33-3)38-39-40)36-28(42)18-26(32(47)48)37-31(46)25(15-16-29(43)44)35-27(41)10-7-8-22-13-11-21(2)12-14-22/h11-14,20,24-26,33H,4-10,15-19H2,1-3H3,(H,34,45)(H,35,41)(H,36,42)(H,37,46)(H,43,44)(H,47,48). The van der Waals surface area contributed by atoms with E-state index in [2.05, 4.69) is 36.9 Å². The molecule has 0 aliphatic rings. The smallest absolute Gasteiger partial charge is 0.326 e. The van der Waals surface area contributed by atoms with Crippen molar-refractivity contribution in [3.05, 3.63) is 47.3 Å². The van der Waals surface area contributed by atoms with Crippen molar-refractivity contribution in [1.82, 2.24) is 41.6 Å². The van der Waals surface area contributed by atoms with Gasteiger partial charge in [0.25, 0.3) is 0 Å². The molecule has 2 aromatic rings. The van der Waals surface area contributed by atoms with Gasteiger partial charge in [-0.05, 0) is 65.0 Å². The van der Waals surface area contributed by atoms with Crippen LogP contribution in [-0.2, 0) is 48.3 Å². The highest BCUT2D eigenvalue weighted by Crippen LogP contribution is 2.09. The van der Waals surface area contributed by atoms with Crippen LogP contribution in [0.3, 0.4) is 0 Å². The quantitative estimate of drug-likeness (QED) is 0.0800. The minimum atomic E-state index is -1.70. The Balaban J connectivity index is 1.95. The monoisotopic (exact) mass is 672 g/mol. The molecule has 0 fully saturated rings. The number of carbonyl (C=O) groups excluding carboxylic acids is 4. The first-order valence-corrected chi connectivity index (χ1v) is 16.1. The zero-order valence-corrected chi connectivity index (χ0v) is 27.8. The molecule has 16 heteroatoms. The van der Waals surface area contributed by atoms with E-state index in [1.54, 1.807) is 18.7 Å². The van der Waals surface area contributed by atoms with Gasteiger partial charge in [-0.2, -0.15) is 0 Å². The molecular formula is C32H48N8O8. The molecule has 1 aromatic heterocycles. The largest absolute Gasteiger partial charge is 0.481 e. The van der Waals surface area contributed by atoms with E-state index >= 15 is 0 Å². The Morgan fingerprint density at radius 3 is 2.17 bits per heavy atom. The SMILES string of the molecule is CCNC(=O)C(CCCCn1cc(CNC)nn1)NC(=O)CC(NC(=O)C(CCC(=O)O)NC(=O)CCCc1ccc(C)cc1)C(=O)O. The van der Waals surface area contributed by atoms with Gasteiger partial charge in [0, 0.05) is 38.7 Å². The minimum absolute atomic E-state index is 0.0624. The summed E-state index contributed by atoms with van der Waals surface area (Å²) in [7, 11) is 1.80. The van der Waals surface area contributed by atoms with E-state index in [0.29, 0.717) is 45.3 Å². The zero-order valence-electron chi connectivity index (χ0n) is 27.8. The summed E-state index contributed by atoms with van der Waals surface area (Å²) in [5.41, 5.74) is 2.93. The third kappa shape index (κ3) is 15.2. The second-order valence-corrected chi connectivity index (χ2v) is 11.5. The molecule has 0 saturated heterocycles. The number of carboxylic acid groups (broad SMARTS) is 2. The summed E-state index contributed by atoms with van der Waals surface area (Å²) in [5, 5.41) is 40.0. The summed E-state index contributed by atoms with van der Waals surface area (Å²) in [6.45, 7) is 5.14. The average molecular weight is 673 g/mol. The molecule has 1 aromatic carbocycles. The Morgan fingerprint density at radius 2 is 1.52 bits per heavy atom. The topological polar surface area (TPSA) is 234 Å². The van der Waals surface area contributed by atoms with Crippen molar-refractivity contribution < 1.29 is 39.0 Å². The van der Waals surface area contributed by atoms with E-state index in [1.165, 1.54) is 0 Å². The molecule has 16 nitrogen and oxygen atoms in total. The molecule has 0 saturated carbocycles. The van der Waals surface area contributed by atoms with Gasteiger partial charge in [-0.25, -0.2) is 4.79 Å². The fraction of sp³-hybridized carbons (Fsp3) is 0.562. The van der Waals surface area contributed by atoms with Crippen molar-refractivity contribution in [2.45, 2.75) is 103 Å². The molecule has 0 aliphatic heterocycles. The number of hydrogen-bond acceptors (Lipinski definition) is 9. The van der Waals surface area contributed by atoms with Crippen LogP contribution in [0.2, 0.25) is 0 Å². The predicted molar refractivity (Wildman–Crippen MR) is 174 cm³/mol. The second kappa shape index (κ2) is 21.1. The second-order valence-electron chi connectivity index (χ2n) is 11.5. The van der Waals surface area contributed by atoms with Crippen molar-refractivity contribution in [1.29, 1.82) is 0 Å². The highest BCUT2D eigenvalue weighted by atomic mass is 16.4. The summed E-state index contributed by atoms with van der Waals surface area (Å²) in [4.78, 5) is 74.5. The van der Waals surface area contributed by atoms with Crippen molar-refractivity contribution >= 4 is 35.6 Å². The van der Waals surface area contributed by atoms with Crippen LogP contribution in [0.1, 0.15) is 75.1 Å². The van der Waals surface area contributed by atoms with Gasteiger partial charge in [0.15, 0.2) is 0 Å². The molecule has 48 heavy (non-hydrogen) atoms. The fourth-order valence-corrected chi connectivity index (χ4v) is 4.82. The van der Waals surface area contributed by atoms with E-state index in [0.717, 1.165) is 16.8 Å². The summed E-state index contributed by atoms with van der Waals surface area (Å²) in [6.07, 6.45) is 2.98. The van der Waals surface area contributed by atoms with Gasteiger partial charge < -0.3 is 36.8 Å². The predicted octanol–water partition coefficient (Wildman–Crippen LogP) is 0.429. The van der Waals surface area contributed by atoms with Gasteiger partial charge in [0.05, 0.1) is 12.1 Å². The number of aromatic nitrogens is 3. The van der Waals surface area contributed by atoms with E-state index < -0.39 is 66.5 Å². The van der Waals surface area contributed by atoms with Crippen LogP contribution in [0.15, 0.2) is 30.5 Å². The number of amides is 4. The number of nitrogens with one attached hydrogen (secondary N) is 5. The molecule has 264 valence electrons. The lowest BCUT2D eigenvalue weighted by molar-refractivity contribution is -0.144. The van der Waals surface area contributed by atoms with E-state index in [-0.39, 0.29) is 19.3 Å². The molecule has 0 bridgehead atoms. The lowest BCUT2D eigenvalue weighted by atomic mass is 10.1. The number of aliphatic carboxylic acids is 2. The van der Waals surface area contributed by atoms with E-state index in [4.69, 9.17) is 5.11 Å². The van der Waals surface area contributed by atoms with Gasteiger partial charge in [-0.15, -0.1) is 5.10 Å². The van der Waals surface area contributed by atoms with Crippen LogP contribution in [0, 0.1) is 6.92 Å². The molecule has 1 heterocycles. The number of aryl methyl sites for hydroxylation is 3. The first-order chi connectivity index (χ1) is 22.9. The van der Waals surface area contributed by atoms with Gasteiger partial charge >= 0.3 is 11.9 Å². The normalized spacial score (nSPS) is 12.7.